The summed E-state index contributed by atoms with van der Waals surface area (Å²) in [5, 5.41) is 14.3. The van der Waals surface area contributed by atoms with Crippen LogP contribution >= 0.6 is 0 Å². The van der Waals surface area contributed by atoms with Crippen LogP contribution in [0.25, 0.3) is 0 Å². The average Bonchev–Trinajstić information content (AvgIpc) is 2.68. The van der Waals surface area contributed by atoms with Crippen LogP contribution in [0.5, 0.6) is 5.75 Å². The molecule has 0 atom stereocenters. The number of hydrogen-bond donors (Lipinski definition) is 5. The molecular weight excluding hydrogens is 368 g/mol. The molecule has 27 heavy (non-hydrogen) atoms. The van der Waals surface area contributed by atoms with Crippen LogP contribution < -0.4 is 30.8 Å². The molecule has 2 aromatic rings. The summed E-state index contributed by atoms with van der Waals surface area (Å²) in [4.78, 5) is 4.11. The fraction of sp³-hybridized carbons (Fsp3) is 0.176. The summed E-state index contributed by atoms with van der Waals surface area (Å²) in [5.41, 5.74) is 1.40. The highest BCUT2D eigenvalue weighted by molar-refractivity contribution is 7.92. The molecule has 0 saturated carbocycles. The Bertz CT molecular complexity index is 926. The van der Waals surface area contributed by atoms with E-state index < -0.39 is 10.0 Å². The van der Waals surface area contributed by atoms with Crippen molar-refractivity contribution in [2.45, 2.75) is 4.90 Å². The van der Waals surface area contributed by atoms with Gasteiger partial charge in [0.25, 0.3) is 10.0 Å². The SMILES string of the molecule is CN/C=C\Nc1ccc(S(=O)(=O)Nc2c(OC)ccc(C=[NH2+])c2NC)cn1. The van der Waals surface area contributed by atoms with Gasteiger partial charge in [-0.3, -0.25) is 10.1 Å². The molecule has 6 N–H and O–H groups in total. The first kappa shape index (κ1) is 20.0. The van der Waals surface area contributed by atoms with Gasteiger partial charge in [-0.25, -0.2) is 13.4 Å². The fourth-order valence-electron chi connectivity index (χ4n) is 2.31. The molecule has 0 bridgehead atoms. The number of benzene rings is 1. The number of nitrogens with zero attached hydrogens (tertiary/aromatic N) is 1. The van der Waals surface area contributed by atoms with Gasteiger partial charge < -0.3 is 20.7 Å². The minimum absolute atomic E-state index is 0.0110. The molecule has 10 heteroatoms. The Morgan fingerprint density at radius 3 is 2.44 bits per heavy atom. The lowest BCUT2D eigenvalue weighted by atomic mass is 10.1. The normalized spacial score (nSPS) is 11.1. The molecule has 0 aliphatic heterocycles. The van der Waals surface area contributed by atoms with Gasteiger partial charge in [0.05, 0.1) is 18.4 Å². The predicted octanol–water partition coefficient (Wildman–Crippen LogP) is 0.213. The van der Waals surface area contributed by atoms with Gasteiger partial charge in [-0.2, -0.15) is 0 Å². The van der Waals surface area contributed by atoms with Crippen molar-refractivity contribution < 1.29 is 18.6 Å². The van der Waals surface area contributed by atoms with Crippen molar-refractivity contribution >= 4 is 33.4 Å². The Morgan fingerprint density at radius 1 is 1.11 bits per heavy atom. The van der Waals surface area contributed by atoms with Crippen LogP contribution in [0.3, 0.4) is 0 Å². The van der Waals surface area contributed by atoms with Crippen molar-refractivity contribution in [1.82, 2.24) is 10.3 Å². The number of rotatable bonds is 9. The molecule has 1 aromatic carbocycles. The first-order valence-corrected chi connectivity index (χ1v) is 9.46. The summed E-state index contributed by atoms with van der Waals surface area (Å²) in [6, 6.07) is 6.38. The maximum absolute atomic E-state index is 12.8. The molecule has 0 fully saturated rings. The Labute approximate surface area is 158 Å². The van der Waals surface area contributed by atoms with E-state index in [9.17, 15) is 8.42 Å². The predicted molar refractivity (Wildman–Crippen MR) is 107 cm³/mol. The van der Waals surface area contributed by atoms with Crippen molar-refractivity contribution in [3.05, 3.63) is 48.4 Å². The molecule has 1 aromatic heterocycles. The first-order chi connectivity index (χ1) is 13.0. The molecular formula is C17H23N6O3S+. The molecule has 0 saturated heterocycles. The maximum atomic E-state index is 12.8. The third kappa shape index (κ3) is 4.67. The van der Waals surface area contributed by atoms with Crippen molar-refractivity contribution in [2.24, 2.45) is 0 Å². The molecule has 0 aliphatic rings. The smallest absolute Gasteiger partial charge is 0.263 e. The molecule has 144 valence electrons. The molecule has 0 aliphatic carbocycles. The van der Waals surface area contributed by atoms with Crippen molar-refractivity contribution in [3.8, 4) is 5.75 Å². The van der Waals surface area contributed by atoms with Gasteiger partial charge in [0.2, 0.25) is 0 Å². The van der Waals surface area contributed by atoms with Gasteiger partial charge in [0.1, 0.15) is 22.2 Å². The highest BCUT2D eigenvalue weighted by Gasteiger charge is 2.21. The summed E-state index contributed by atoms with van der Waals surface area (Å²) >= 11 is 0. The van der Waals surface area contributed by atoms with E-state index in [1.54, 1.807) is 44.7 Å². The third-order valence-corrected chi connectivity index (χ3v) is 4.95. The number of ether oxygens (including phenoxy) is 1. The van der Waals surface area contributed by atoms with E-state index in [-0.39, 0.29) is 10.6 Å². The molecule has 0 radical (unpaired) electrons. The van der Waals surface area contributed by atoms with Gasteiger partial charge in [-0.15, -0.1) is 0 Å². The van der Waals surface area contributed by atoms with Crippen LogP contribution in [0, 0.1) is 0 Å². The lowest BCUT2D eigenvalue weighted by Crippen LogP contribution is -2.30. The highest BCUT2D eigenvalue weighted by Crippen LogP contribution is 2.36. The lowest BCUT2D eigenvalue weighted by Gasteiger charge is -2.17. The van der Waals surface area contributed by atoms with E-state index in [1.807, 2.05) is 0 Å². The standard InChI is InChI=1S/C17H22N6O3S/c1-19-8-9-21-15-7-5-13(11-22-15)27(24,25)23-17-14(26-3)6-4-12(10-18)16(17)20-2/h4-11,18-20,23H,1-3H3,(H,21,22)/p+1/b9-8-,18-10?. The minimum Gasteiger partial charge on any atom is -0.494 e. The zero-order chi connectivity index (χ0) is 19.9. The number of nitrogens with one attached hydrogen (secondary N) is 4. The van der Waals surface area contributed by atoms with Crippen molar-refractivity contribution in [1.29, 1.82) is 0 Å². The number of sulfonamides is 1. The van der Waals surface area contributed by atoms with Gasteiger partial charge in [-0.05, 0) is 24.3 Å². The number of methoxy groups -OCH3 is 1. The Morgan fingerprint density at radius 2 is 1.89 bits per heavy atom. The second kappa shape index (κ2) is 8.90. The zero-order valence-corrected chi connectivity index (χ0v) is 16.1. The second-order valence-corrected chi connectivity index (χ2v) is 6.96. The van der Waals surface area contributed by atoms with Gasteiger partial charge in [0.15, 0.2) is 6.21 Å². The molecule has 9 nitrogen and oxygen atoms in total. The second-order valence-electron chi connectivity index (χ2n) is 5.27. The van der Waals surface area contributed by atoms with Crippen LogP contribution in [0.15, 0.2) is 47.8 Å². The summed E-state index contributed by atoms with van der Waals surface area (Å²) in [5.74, 6) is 0.866. The fourth-order valence-corrected chi connectivity index (χ4v) is 3.34. The van der Waals surface area contributed by atoms with E-state index in [0.717, 1.165) is 0 Å². The number of nitrogens with two attached hydrogens (primary N) is 1. The maximum Gasteiger partial charge on any atom is 0.263 e. The largest absolute Gasteiger partial charge is 0.494 e. The Balaban J connectivity index is 2.36. The Kier molecular flexibility index (Phi) is 6.61. The van der Waals surface area contributed by atoms with E-state index >= 15 is 0 Å². The van der Waals surface area contributed by atoms with Crippen LogP contribution in [0.1, 0.15) is 5.56 Å². The van der Waals surface area contributed by atoms with Crippen molar-refractivity contribution in [2.75, 3.05) is 36.6 Å². The monoisotopic (exact) mass is 391 g/mol. The highest BCUT2D eigenvalue weighted by atomic mass is 32.2. The summed E-state index contributed by atoms with van der Waals surface area (Å²) < 4.78 is 33.4. The third-order valence-electron chi connectivity index (χ3n) is 3.61. The number of anilines is 3. The topological polar surface area (TPSA) is 130 Å². The van der Waals surface area contributed by atoms with Crippen LogP contribution in [0.4, 0.5) is 17.2 Å². The van der Waals surface area contributed by atoms with Crippen LogP contribution in [0.2, 0.25) is 0 Å². The van der Waals surface area contributed by atoms with Gasteiger partial charge >= 0.3 is 0 Å². The van der Waals surface area contributed by atoms with Crippen LogP contribution in [-0.4, -0.2) is 40.8 Å². The van der Waals surface area contributed by atoms with Crippen molar-refractivity contribution in [3.63, 3.8) is 0 Å². The van der Waals surface area contributed by atoms with Crippen LogP contribution in [-0.2, 0) is 10.0 Å². The quantitative estimate of drug-likeness (QED) is 0.386. The molecule has 0 unspecified atom stereocenters. The van der Waals surface area contributed by atoms with E-state index in [1.165, 1.54) is 25.6 Å². The minimum atomic E-state index is -3.89. The first-order valence-electron chi connectivity index (χ1n) is 7.98. The van der Waals surface area contributed by atoms with Gasteiger partial charge in [0, 0.05) is 32.7 Å². The number of aromatic nitrogens is 1. The average molecular weight is 391 g/mol. The van der Waals surface area contributed by atoms with E-state index in [2.05, 4.69) is 25.7 Å². The molecule has 0 spiro atoms. The molecule has 0 amide bonds. The summed E-state index contributed by atoms with van der Waals surface area (Å²) in [6.45, 7) is 0. The summed E-state index contributed by atoms with van der Waals surface area (Å²) in [7, 11) is 0.996. The van der Waals surface area contributed by atoms with E-state index in [4.69, 9.17) is 10.1 Å². The number of hydrogen-bond acceptors (Lipinski definition) is 7. The zero-order valence-electron chi connectivity index (χ0n) is 15.3. The molecule has 1 heterocycles. The Hall–Kier alpha value is -3.27. The number of pyridine rings is 1. The van der Waals surface area contributed by atoms with E-state index in [0.29, 0.717) is 22.8 Å². The molecule has 2 rings (SSSR count). The lowest BCUT2D eigenvalue weighted by molar-refractivity contribution is -0.104. The van der Waals surface area contributed by atoms with Gasteiger partial charge in [-0.1, -0.05) is 0 Å². The summed E-state index contributed by atoms with van der Waals surface area (Å²) in [6.07, 6.45) is 5.97.